The van der Waals surface area contributed by atoms with Crippen LogP contribution in [-0.4, -0.2) is 46.5 Å². The molecule has 3 heterocycles. The number of amides is 1. The van der Waals surface area contributed by atoms with Crippen LogP contribution in [0.5, 0.6) is 0 Å². The fourth-order valence-corrected chi connectivity index (χ4v) is 3.83. The van der Waals surface area contributed by atoms with E-state index in [4.69, 9.17) is 9.26 Å². The lowest BCUT2D eigenvalue weighted by Crippen LogP contribution is -2.46. The summed E-state index contributed by atoms with van der Waals surface area (Å²) in [7, 11) is 0. The van der Waals surface area contributed by atoms with E-state index in [0.717, 1.165) is 5.56 Å². The summed E-state index contributed by atoms with van der Waals surface area (Å²) in [5, 5.41) is 16.7. The lowest BCUT2D eigenvalue weighted by atomic mass is 10.0. The van der Waals surface area contributed by atoms with E-state index in [9.17, 15) is 9.90 Å². The average molecular weight is 414 g/mol. The molecule has 30 heavy (non-hydrogen) atoms. The van der Waals surface area contributed by atoms with Crippen LogP contribution in [0, 0.1) is 5.82 Å². The Balaban J connectivity index is 1.66. The molecule has 1 saturated heterocycles. The third-order valence-corrected chi connectivity index (χ3v) is 5.08. The highest BCUT2D eigenvalue weighted by atomic mass is 19.1. The monoisotopic (exact) mass is 414 g/mol. The minimum absolute atomic E-state index is 0.0251. The average Bonchev–Trinajstić information content (AvgIpc) is 3.16. The number of hydrogen-bond acceptors (Lipinski definition) is 7. The van der Waals surface area contributed by atoms with E-state index >= 15 is 4.39 Å². The Bertz CT molecular complexity index is 1050. The fraction of sp³-hybridized carbons (Fsp3) is 0.381. The van der Waals surface area contributed by atoms with Crippen molar-refractivity contribution in [3.8, 4) is 0 Å². The zero-order valence-corrected chi connectivity index (χ0v) is 16.8. The van der Waals surface area contributed by atoms with Gasteiger partial charge < -0.3 is 24.6 Å². The van der Waals surface area contributed by atoms with Gasteiger partial charge in [-0.1, -0.05) is 5.16 Å². The molecule has 1 aliphatic rings. The van der Waals surface area contributed by atoms with Crippen molar-refractivity contribution in [2.75, 3.05) is 18.0 Å². The number of halogens is 1. The molecule has 2 atom stereocenters. The van der Waals surface area contributed by atoms with Crippen molar-refractivity contribution in [3.05, 3.63) is 53.2 Å². The van der Waals surface area contributed by atoms with Gasteiger partial charge in [-0.3, -0.25) is 9.78 Å². The highest BCUT2D eigenvalue weighted by Crippen LogP contribution is 2.35. The zero-order valence-electron chi connectivity index (χ0n) is 16.8. The van der Waals surface area contributed by atoms with Crippen LogP contribution in [0.15, 0.2) is 35.1 Å². The Morgan fingerprint density at radius 2 is 2.00 bits per heavy atom. The first-order valence-corrected chi connectivity index (χ1v) is 9.77. The molecular weight excluding hydrogens is 391 g/mol. The first kappa shape index (κ1) is 20.2. The van der Waals surface area contributed by atoms with Crippen LogP contribution in [0.3, 0.4) is 0 Å². The van der Waals surface area contributed by atoms with Crippen LogP contribution in [0.2, 0.25) is 0 Å². The van der Waals surface area contributed by atoms with E-state index in [1.54, 1.807) is 30.6 Å². The van der Waals surface area contributed by atoms with Crippen molar-refractivity contribution in [3.63, 3.8) is 0 Å². The van der Waals surface area contributed by atoms with E-state index < -0.39 is 11.7 Å². The highest BCUT2D eigenvalue weighted by molar-refractivity contribution is 6.05. The molecular formula is C21H23FN4O4. The second kappa shape index (κ2) is 8.37. The lowest BCUT2D eigenvalue weighted by Gasteiger charge is -2.37. The number of benzene rings is 1. The maximum Gasteiger partial charge on any atom is 0.274 e. The summed E-state index contributed by atoms with van der Waals surface area (Å²) >= 11 is 0. The summed E-state index contributed by atoms with van der Waals surface area (Å²) in [5.41, 5.74) is 1.36. The Morgan fingerprint density at radius 3 is 2.67 bits per heavy atom. The Kier molecular flexibility index (Phi) is 5.65. The fourth-order valence-electron chi connectivity index (χ4n) is 3.83. The topological polar surface area (TPSA) is 101 Å². The predicted octanol–water partition coefficient (Wildman–Crippen LogP) is 2.40. The van der Waals surface area contributed by atoms with Crippen LogP contribution in [-0.2, 0) is 17.9 Å². The van der Waals surface area contributed by atoms with Crippen LogP contribution >= 0.6 is 0 Å². The smallest absolute Gasteiger partial charge is 0.274 e. The quantitative estimate of drug-likeness (QED) is 0.661. The molecule has 0 aliphatic carbocycles. The number of aromatic nitrogens is 2. The third-order valence-electron chi connectivity index (χ3n) is 5.08. The minimum atomic E-state index is -0.640. The number of carbonyl (C=O) groups excluding carboxylic acids is 1. The number of ether oxygens (including phenoxy) is 1. The number of pyridine rings is 1. The van der Waals surface area contributed by atoms with Crippen LogP contribution in [0.1, 0.15) is 35.5 Å². The summed E-state index contributed by atoms with van der Waals surface area (Å²) in [5.74, 6) is -1.13. The van der Waals surface area contributed by atoms with Gasteiger partial charge in [0.25, 0.3) is 5.91 Å². The maximum atomic E-state index is 15.4. The maximum absolute atomic E-state index is 15.4. The molecule has 0 bridgehead atoms. The van der Waals surface area contributed by atoms with Crippen LogP contribution in [0.25, 0.3) is 11.0 Å². The molecule has 9 heteroatoms. The van der Waals surface area contributed by atoms with Gasteiger partial charge >= 0.3 is 0 Å². The minimum Gasteiger partial charge on any atom is -0.392 e. The second-order valence-electron chi connectivity index (χ2n) is 7.46. The molecule has 0 spiro atoms. The first-order valence-electron chi connectivity index (χ1n) is 9.77. The predicted molar refractivity (Wildman–Crippen MR) is 108 cm³/mol. The Morgan fingerprint density at radius 1 is 1.30 bits per heavy atom. The van der Waals surface area contributed by atoms with E-state index in [2.05, 4.69) is 15.5 Å². The highest BCUT2D eigenvalue weighted by Gasteiger charge is 2.30. The largest absolute Gasteiger partial charge is 0.392 e. The van der Waals surface area contributed by atoms with Crippen molar-refractivity contribution in [1.29, 1.82) is 0 Å². The van der Waals surface area contributed by atoms with Crippen molar-refractivity contribution >= 4 is 22.6 Å². The molecule has 8 nitrogen and oxygen atoms in total. The molecule has 1 fully saturated rings. The molecule has 1 aliphatic heterocycles. The summed E-state index contributed by atoms with van der Waals surface area (Å²) in [6.07, 6.45) is 3.09. The number of morpholine rings is 1. The molecule has 0 radical (unpaired) electrons. The summed E-state index contributed by atoms with van der Waals surface area (Å²) in [4.78, 5) is 18.4. The normalized spacial score (nSPS) is 19.3. The van der Waals surface area contributed by atoms with Gasteiger partial charge in [0.1, 0.15) is 0 Å². The van der Waals surface area contributed by atoms with E-state index in [0.29, 0.717) is 18.7 Å². The molecule has 2 unspecified atom stereocenters. The number of aliphatic hydroxyl groups is 1. The van der Waals surface area contributed by atoms with E-state index in [1.807, 2.05) is 18.7 Å². The summed E-state index contributed by atoms with van der Waals surface area (Å²) < 4.78 is 26.3. The van der Waals surface area contributed by atoms with Crippen molar-refractivity contribution in [1.82, 2.24) is 15.5 Å². The van der Waals surface area contributed by atoms with Gasteiger partial charge in [0.05, 0.1) is 29.9 Å². The first-order chi connectivity index (χ1) is 14.5. The van der Waals surface area contributed by atoms with E-state index in [1.165, 1.54) is 0 Å². The third kappa shape index (κ3) is 3.86. The molecule has 2 aromatic heterocycles. The van der Waals surface area contributed by atoms with Gasteiger partial charge in [-0.25, -0.2) is 4.39 Å². The molecule has 4 rings (SSSR count). The molecule has 1 aromatic carbocycles. The molecule has 2 N–H and O–H groups in total. The Hall–Kier alpha value is -3.04. The summed E-state index contributed by atoms with van der Waals surface area (Å²) in [6.45, 7) is 4.67. The number of hydrogen-bond donors (Lipinski definition) is 2. The molecule has 3 aromatic rings. The van der Waals surface area contributed by atoms with Crippen LogP contribution < -0.4 is 10.2 Å². The number of aliphatic hydroxyl groups excluding tert-OH is 1. The van der Waals surface area contributed by atoms with Crippen molar-refractivity contribution in [2.24, 2.45) is 0 Å². The second-order valence-corrected chi connectivity index (χ2v) is 7.46. The number of fused-ring (bicyclic) bond motifs is 1. The van der Waals surface area contributed by atoms with Gasteiger partial charge in [-0.15, -0.1) is 0 Å². The van der Waals surface area contributed by atoms with Crippen molar-refractivity contribution in [2.45, 2.75) is 39.2 Å². The molecule has 0 saturated carbocycles. The zero-order chi connectivity index (χ0) is 21.3. The standard InChI is InChI=1S/C21H23FN4O4/c1-12-9-26(10-13(2)29-12)19-15(11-27)7-16-18(25-30-20(16)17(19)22)21(28)24-8-14-3-5-23-6-4-14/h3-7,12-13,27H,8-11H2,1-2H3,(H,24,28). The van der Waals surface area contributed by atoms with E-state index in [-0.39, 0.29) is 47.7 Å². The Labute approximate surface area is 172 Å². The number of anilines is 1. The molecule has 158 valence electrons. The number of nitrogens with one attached hydrogen (secondary N) is 1. The van der Waals surface area contributed by atoms with Crippen LogP contribution in [0.4, 0.5) is 10.1 Å². The molecule has 1 amide bonds. The number of rotatable bonds is 5. The number of carbonyl (C=O) groups is 1. The van der Waals surface area contributed by atoms with Gasteiger partial charge in [-0.05, 0) is 37.6 Å². The number of nitrogens with zero attached hydrogens (tertiary/aromatic N) is 3. The van der Waals surface area contributed by atoms with Crippen molar-refractivity contribution < 1.29 is 23.6 Å². The SMILES string of the molecule is CC1CN(c2c(CO)cc3c(C(=O)NCc4ccncc4)noc3c2F)CC(C)O1. The lowest BCUT2D eigenvalue weighted by molar-refractivity contribution is -0.00550. The van der Waals surface area contributed by atoms with Gasteiger partial charge in [0.2, 0.25) is 5.58 Å². The van der Waals surface area contributed by atoms with Gasteiger partial charge in [-0.2, -0.15) is 0 Å². The van der Waals surface area contributed by atoms with Gasteiger partial charge in [0, 0.05) is 37.6 Å². The summed E-state index contributed by atoms with van der Waals surface area (Å²) in [6, 6.07) is 5.12. The van der Waals surface area contributed by atoms with Gasteiger partial charge in [0.15, 0.2) is 11.5 Å².